The molecule has 0 saturated carbocycles. The van der Waals surface area contributed by atoms with E-state index in [1.165, 1.54) is 19.2 Å². The Balaban J connectivity index is 1.35. The van der Waals surface area contributed by atoms with Gasteiger partial charge in [0.25, 0.3) is 17.6 Å². The number of rotatable bonds is 6. The smallest absolute Gasteiger partial charge is 0.295 e. The molecule has 5 rings (SSSR count). The number of Topliss-reactive ketones (excluding diaryl/α,β-unsaturated/α-hetero) is 1. The van der Waals surface area contributed by atoms with E-state index in [-0.39, 0.29) is 17.8 Å². The van der Waals surface area contributed by atoms with Crippen LogP contribution in [-0.2, 0) is 18.3 Å². The lowest BCUT2D eigenvalue weighted by Crippen LogP contribution is -2.53. The summed E-state index contributed by atoms with van der Waals surface area (Å²) in [4.78, 5) is 43.5. The highest BCUT2D eigenvalue weighted by Gasteiger charge is 2.31. The van der Waals surface area contributed by atoms with E-state index in [0.717, 1.165) is 24.8 Å². The Morgan fingerprint density at radius 2 is 1.74 bits per heavy atom. The minimum atomic E-state index is -0.570. The number of fused-ring (bicyclic) bond motifs is 1. The maximum atomic E-state index is 13.7. The number of piperazine rings is 1. The quantitative estimate of drug-likeness (QED) is 0.387. The first-order valence-corrected chi connectivity index (χ1v) is 13.5. The highest BCUT2D eigenvalue weighted by molar-refractivity contribution is 6.45. The number of benzene rings is 2. The van der Waals surface area contributed by atoms with Crippen molar-refractivity contribution in [3.05, 3.63) is 65.1 Å². The molecule has 3 heterocycles. The lowest BCUT2D eigenvalue weighted by molar-refractivity contribution is -0.127. The van der Waals surface area contributed by atoms with E-state index in [9.17, 15) is 18.8 Å². The average molecular weight is 535 g/mol. The third kappa shape index (κ3) is 5.54. The Labute approximate surface area is 227 Å². The molecule has 9 heteroatoms. The number of hydrogen-bond acceptors (Lipinski definition) is 5. The Bertz CT molecular complexity index is 1390. The molecule has 2 aliphatic heterocycles. The van der Waals surface area contributed by atoms with Gasteiger partial charge >= 0.3 is 0 Å². The fraction of sp³-hybridized carbons (Fsp3) is 0.433. The molecule has 0 aliphatic carbocycles. The number of amides is 2. The fourth-order valence-corrected chi connectivity index (χ4v) is 5.77. The van der Waals surface area contributed by atoms with E-state index in [1.54, 1.807) is 27.8 Å². The number of ketones is 1. The van der Waals surface area contributed by atoms with Crippen molar-refractivity contribution in [3.8, 4) is 5.75 Å². The second-order valence-electron chi connectivity index (χ2n) is 10.7. The largest absolute Gasteiger partial charge is 0.496 e. The number of aryl methyl sites for hydroxylation is 1. The topological polar surface area (TPSA) is 83.9 Å². The maximum Gasteiger partial charge on any atom is 0.295 e. The second-order valence-corrected chi connectivity index (χ2v) is 10.7. The zero-order valence-electron chi connectivity index (χ0n) is 22.7. The Morgan fingerprint density at radius 3 is 2.41 bits per heavy atom. The summed E-state index contributed by atoms with van der Waals surface area (Å²) in [5, 5.41) is 3.84. The fourth-order valence-electron chi connectivity index (χ4n) is 5.77. The van der Waals surface area contributed by atoms with Crippen LogP contribution in [0, 0.1) is 11.7 Å². The van der Waals surface area contributed by atoms with Crippen molar-refractivity contribution in [1.82, 2.24) is 19.7 Å². The number of piperidine rings is 1. The van der Waals surface area contributed by atoms with Crippen LogP contribution in [0.4, 0.5) is 4.39 Å². The van der Waals surface area contributed by atoms with E-state index in [2.05, 4.69) is 5.32 Å². The molecule has 2 saturated heterocycles. The van der Waals surface area contributed by atoms with Crippen molar-refractivity contribution >= 4 is 28.5 Å². The molecule has 2 aliphatic rings. The normalized spacial score (nSPS) is 18.4. The molecule has 2 fully saturated rings. The number of likely N-dealkylation sites (tertiary alicyclic amines) is 1. The van der Waals surface area contributed by atoms with Gasteiger partial charge in [0.1, 0.15) is 11.6 Å². The summed E-state index contributed by atoms with van der Waals surface area (Å²) >= 11 is 0. The van der Waals surface area contributed by atoms with Crippen molar-refractivity contribution in [2.24, 2.45) is 13.0 Å². The van der Waals surface area contributed by atoms with Gasteiger partial charge in [0.2, 0.25) is 0 Å². The SMILES string of the molecule is COc1cc2c(cc1C(=O)N1CCC(Cc3ccc(F)cc3)CC1)c(C(=O)C(=O)N1CCNC(C)C1)cn2C. The summed E-state index contributed by atoms with van der Waals surface area (Å²) < 4.78 is 20.6. The van der Waals surface area contributed by atoms with Crippen LogP contribution in [0.1, 0.15) is 46.0 Å². The van der Waals surface area contributed by atoms with Gasteiger partial charge in [-0.1, -0.05) is 12.1 Å². The van der Waals surface area contributed by atoms with Gasteiger partial charge in [-0.15, -0.1) is 0 Å². The van der Waals surface area contributed by atoms with Crippen LogP contribution < -0.4 is 10.1 Å². The lowest BCUT2D eigenvalue weighted by atomic mass is 9.90. The Hall–Kier alpha value is -3.72. The molecule has 1 unspecified atom stereocenters. The van der Waals surface area contributed by atoms with Crippen LogP contribution in [0.25, 0.3) is 10.9 Å². The number of nitrogens with zero attached hydrogens (tertiary/aromatic N) is 3. The predicted molar refractivity (Wildman–Crippen MR) is 147 cm³/mol. The zero-order valence-corrected chi connectivity index (χ0v) is 22.7. The molecule has 8 nitrogen and oxygen atoms in total. The summed E-state index contributed by atoms with van der Waals surface area (Å²) in [6.45, 7) is 4.79. The first-order valence-electron chi connectivity index (χ1n) is 13.5. The van der Waals surface area contributed by atoms with Crippen molar-refractivity contribution in [3.63, 3.8) is 0 Å². The summed E-state index contributed by atoms with van der Waals surface area (Å²) in [6, 6.07) is 10.2. The molecular formula is C30H35FN4O4. The zero-order chi connectivity index (χ0) is 27.7. The molecule has 1 aromatic heterocycles. The van der Waals surface area contributed by atoms with Crippen LogP contribution in [0.15, 0.2) is 42.6 Å². The third-order valence-electron chi connectivity index (χ3n) is 7.98. The van der Waals surface area contributed by atoms with Crippen LogP contribution in [0.3, 0.4) is 0 Å². The van der Waals surface area contributed by atoms with Crippen molar-refractivity contribution < 1.29 is 23.5 Å². The molecule has 2 aromatic carbocycles. The van der Waals surface area contributed by atoms with Crippen LogP contribution in [0.2, 0.25) is 0 Å². The van der Waals surface area contributed by atoms with E-state index < -0.39 is 11.7 Å². The number of carbonyl (C=O) groups excluding carboxylic acids is 3. The molecule has 39 heavy (non-hydrogen) atoms. The molecule has 0 bridgehead atoms. The highest BCUT2D eigenvalue weighted by Crippen LogP contribution is 2.32. The number of nitrogens with one attached hydrogen (secondary N) is 1. The van der Waals surface area contributed by atoms with Crippen molar-refractivity contribution in [2.45, 2.75) is 32.2 Å². The molecule has 3 aromatic rings. The molecule has 0 radical (unpaired) electrons. The number of carbonyl (C=O) groups is 3. The third-order valence-corrected chi connectivity index (χ3v) is 7.98. The van der Waals surface area contributed by atoms with Gasteiger partial charge in [0.05, 0.1) is 23.8 Å². The van der Waals surface area contributed by atoms with E-state index >= 15 is 0 Å². The second kappa shape index (κ2) is 11.2. The van der Waals surface area contributed by atoms with Gasteiger partial charge in [-0.3, -0.25) is 14.4 Å². The van der Waals surface area contributed by atoms with Gasteiger partial charge in [-0.25, -0.2) is 4.39 Å². The molecule has 206 valence electrons. The van der Waals surface area contributed by atoms with E-state index in [1.807, 2.05) is 31.0 Å². The van der Waals surface area contributed by atoms with Crippen molar-refractivity contribution in [2.75, 3.05) is 39.8 Å². The first kappa shape index (κ1) is 26.9. The first-order chi connectivity index (χ1) is 18.7. The average Bonchev–Trinajstić information content (AvgIpc) is 3.27. The van der Waals surface area contributed by atoms with Gasteiger partial charge in [0, 0.05) is 63.5 Å². The van der Waals surface area contributed by atoms with E-state index in [4.69, 9.17) is 4.74 Å². The minimum Gasteiger partial charge on any atom is -0.496 e. The monoisotopic (exact) mass is 534 g/mol. The van der Waals surface area contributed by atoms with Gasteiger partial charge in [-0.2, -0.15) is 0 Å². The van der Waals surface area contributed by atoms with Crippen molar-refractivity contribution in [1.29, 1.82) is 0 Å². The van der Waals surface area contributed by atoms with Crippen LogP contribution in [-0.4, -0.2) is 77.8 Å². The summed E-state index contributed by atoms with van der Waals surface area (Å²) in [5.41, 5.74) is 2.48. The maximum absolute atomic E-state index is 13.7. The van der Waals surface area contributed by atoms with Gasteiger partial charge < -0.3 is 24.4 Å². The van der Waals surface area contributed by atoms with E-state index in [0.29, 0.717) is 66.4 Å². The number of ether oxygens (including phenoxy) is 1. The van der Waals surface area contributed by atoms with Gasteiger partial charge in [0.15, 0.2) is 0 Å². The van der Waals surface area contributed by atoms with Crippen LogP contribution >= 0.6 is 0 Å². The summed E-state index contributed by atoms with van der Waals surface area (Å²) in [6.07, 6.45) is 4.21. The highest BCUT2D eigenvalue weighted by atomic mass is 19.1. The predicted octanol–water partition coefficient (Wildman–Crippen LogP) is 3.42. The lowest BCUT2D eigenvalue weighted by Gasteiger charge is -2.32. The Kier molecular flexibility index (Phi) is 7.70. The molecular weight excluding hydrogens is 499 g/mol. The molecule has 0 spiro atoms. The summed E-state index contributed by atoms with van der Waals surface area (Å²) in [5.74, 6) is -0.637. The Morgan fingerprint density at radius 1 is 1.03 bits per heavy atom. The van der Waals surface area contributed by atoms with Gasteiger partial charge in [-0.05, 0) is 55.9 Å². The molecule has 1 N–H and O–H groups in total. The minimum absolute atomic E-state index is 0.122. The summed E-state index contributed by atoms with van der Waals surface area (Å²) in [7, 11) is 3.33. The molecule has 1 atom stereocenters. The molecule has 2 amide bonds. The number of methoxy groups -OCH3 is 1. The standard InChI is InChI=1S/C30H35FN4O4/c1-19-17-35(13-10-32-19)30(38)28(36)25-18-33(2)26-16-27(39-3)24(15-23(25)26)29(37)34-11-8-21(9-12-34)14-20-4-6-22(31)7-5-20/h4-7,15-16,18-19,21,32H,8-14,17H2,1-3H3. The van der Waals surface area contributed by atoms with Crippen LogP contribution in [0.5, 0.6) is 5.75 Å². The number of hydrogen-bond donors (Lipinski definition) is 1. The number of halogens is 1. The number of aromatic nitrogens is 1.